The van der Waals surface area contributed by atoms with Crippen molar-refractivity contribution < 1.29 is 4.74 Å². The molecule has 1 aliphatic carbocycles. The van der Waals surface area contributed by atoms with Crippen LogP contribution in [0.2, 0.25) is 0 Å². The van der Waals surface area contributed by atoms with E-state index in [1.54, 1.807) is 0 Å². The maximum Gasteiger partial charge on any atom is 0.152 e. The number of para-hydroxylation sites is 2. The third kappa shape index (κ3) is 7.46. The van der Waals surface area contributed by atoms with Crippen molar-refractivity contribution in [2.24, 2.45) is 0 Å². The van der Waals surface area contributed by atoms with E-state index >= 15 is 0 Å². The minimum atomic E-state index is -0.615. The highest BCUT2D eigenvalue weighted by atomic mass is 16.5. The molecule has 0 bridgehead atoms. The molecule has 0 spiro atoms. The van der Waals surface area contributed by atoms with E-state index in [9.17, 15) is 0 Å². The molecule has 1 heterocycles. The molecule has 15 aromatic rings. The van der Waals surface area contributed by atoms with E-state index in [-0.39, 0.29) is 0 Å². The summed E-state index contributed by atoms with van der Waals surface area (Å²) in [6.45, 7) is 0. The average Bonchev–Trinajstić information content (AvgIpc) is 1.80. The summed E-state index contributed by atoms with van der Waals surface area (Å²) in [5.41, 5.74) is 17.7. The monoisotopic (exact) mass is 1070 g/mol. The molecule has 392 valence electrons. The molecular formula is C81H52N2O. The van der Waals surface area contributed by atoms with Crippen LogP contribution in [0.5, 0.6) is 11.5 Å². The van der Waals surface area contributed by atoms with Gasteiger partial charge < -0.3 is 14.5 Å². The fourth-order valence-electron chi connectivity index (χ4n) is 14.0. The quantitative estimate of drug-likeness (QED) is 0.141. The first-order valence-electron chi connectivity index (χ1n) is 29.0. The van der Waals surface area contributed by atoms with E-state index in [0.717, 1.165) is 73.1 Å². The molecule has 1 aliphatic heterocycles. The van der Waals surface area contributed by atoms with Crippen LogP contribution in [0.15, 0.2) is 315 Å². The third-order valence-corrected chi connectivity index (χ3v) is 17.8. The van der Waals surface area contributed by atoms with Crippen molar-refractivity contribution in [3.05, 3.63) is 338 Å². The van der Waals surface area contributed by atoms with Gasteiger partial charge >= 0.3 is 0 Å². The van der Waals surface area contributed by atoms with Crippen LogP contribution in [-0.4, -0.2) is 0 Å². The Labute approximate surface area is 487 Å². The highest BCUT2D eigenvalue weighted by Gasteiger charge is 2.46. The Morgan fingerprint density at radius 3 is 1.38 bits per heavy atom. The lowest BCUT2D eigenvalue weighted by Crippen LogP contribution is -2.28. The van der Waals surface area contributed by atoms with E-state index in [1.807, 2.05) is 0 Å². The largest absolute Gasteiger partial charge is 0.453 e. The van der Waals surface area contributed by atoms with E-state index in [4.69, 9.17) is 4.74 Å². The van der Waals surface area contributed by atoms with E-state index in [2.05, 4.69) is 325 Å². The van der Waals surface area contributed by atoms with Crippen LogP contribution >= 0.6 is 0 Å². The van der Waals surface area contributed by atoms with Gasteiger partial charge in [-0.1, -0.05) is 218 Å². The van der Waals surface area contributed by atoms with Crippen LogP contribution in [0.3, 0.4) is 0 Å². The average molecular weight is 1070 g/mol. The molecule has 0 saturated carbocycles. The summed E-state index contributed by atoms with van der Waals surface area (Å²) in [7, 11) is 0. The second-order valence-corrected chi connectivity index (χ2v) is 22.4. The SMILES string of the molecule is c1ccc(N(c2ccccc2)c2ccc(C3(c4ccccc4)c4ccc(-c5ccc6c(c5)Oc5cc7ccccc7cc5N6c5ccc(-c6ccc7c8ccccc8c8ccccc8c7c6)cc5)cc4-c4cc5ccccc5cc43)cc2)cc1. The Morgan fingerprint density at radius 2 is 0.726 bits per heavy atom. The summed E-state index contributed by atoms with van der Waals surface area (Å²) in [5.74, 6) is 1.62. The van der Waals surface area contributed by atoms with Crippen LogP contribution in [0.4, 0.5) is 34.1 Å². The van der Waals surface area contributed by atoms with Crippen molar-refractivity contribution in [1.29, 1.82) is 0 Å². The van der Waals surface area contributed by atoms with Crippen molar-refractivity contribution in [3.63, 3.8) is 0 Å². The van der Waals surface area contributed by atoms with E-state index < -0.39 is 5.41 Å². The topological polar surface area (TPSA) is 15.7 Å². The van der Waals surface area contributed by atoms with Crippen molar-refractivity contribution >= 4 is 88.0 Å². The molecule has 0 N–H and O–H groups in total. The summed E-state index contributed by atoms with van der Waals surface area (Å²) in [6.07, 6.45) is 0. The van der Waals surface area contributed by atoms with Gasteiger partial charge in [0.1, 0.15) is 0 Å². The second kappa shape index (κ2) is 19.1. The Hall–Kier alpha value is -11.0. The number of rotatable bonds is 8. The molecule has 3 nitrogen and oxygen atoms in total. The smallest absolute Gasteiger partial charge is 0.152 e. The number of benzene rings is 15. The molecule has 1 unspecified atom stereocenters. The van der Waals surface area contributed by atoms with Gasteiger partial charge in [-0.05, 0) is 207 Å². The lowest BCUT2D eigenvalue weighted by atomic mass is 9.67. The Balaban J connectivity index is 0.789. The summed E-state index contributed by atoms with van der Waals surface area (Å²) < 4.78 is 7.08. The number of hydrogen-bond donors (Lipinski definition) is 0. The second-order valence-electron chi connectivity index (χ2n) is 22.4. The van der Waals surface area contributed by atoms with Crippen molar-refractivity contribution in [3.8, 4) is 44.9 Å². The predicted molar refractivity (Wildman–Crippen MR) is 352 cm³/mol. The molecular weight excluding hydrogens is 1020 g/mol. The maximum atomic E-state index is 7.08. The first-order valence-corrected chi connectivity index (χ1v) is 29.0. The van der Waals surface area contributed by atoms with Gasteiger partial charge in [0.05, 0.1) is 16.8 Å². The molecule has 17 rings (SSSR count). The fraction of sp³-hybridized carbons (Fsp3) is 0.0123. The number of ether oxygens (including phenoxy) is 1. The van der Waals surface area contributed by atoms with Crippen LogP contribution in [0, 0.1) is 0 Å². The molecule has 84 heavy (non-hydrogen) atoms. The molecule has 0 aromatic heterocycles. The van der Waals surface area contributed by atoms with Gasteiger partial charge in [0, 0.05) is 22.7 Å². The Morgan fingerprint density at radius 1 is 0.274 bits per heavy atom. The summed E-state index contributed by atoms with van der Waals surface area (Å²) >= 11 is 0. The highest BCUT2D eigenvalue weighted by molar-refractivity contribution is 6.25. The lowest BCUT2D eigenvalue weighted by Gasteiger charge is -2.35. The standard InChI is InChI=1S/C81H52N2O/c1-4-22-61(23-5-1)81(62-37-41-65(42-38-62)82(63-24-6-2-7-25-63)64-26-8-3-9-27-64)75-44-35-59(48-73(75)74-47-54-18-10-11-19-55(54)49-76(74)81)60-36-45-77-79(52-60)84-80-51-57-21-13-12-20-56(57)50-78(80)83(77)66-39-32-53(33-40-66)58-34-43-71-69-30-15-14-28-67(69)68-29-16-17-31-70(68)72(71)46-58/h1-52H. The zero-order valence-electron chi connectivity index (χ0n) is 45.8. The Bertz CT molecular complexity index is 5020. The predicted octanol–water partition coefficient (Wildman–Crippen LogP) is 22.2. The van der Waals surface area contributed by atoms with Gasteiger partial charge in [0.25, 0.3) is 0 Å². The van der Waals surface area contributed by atoms with Crippen LogP contribution in [-0.2, 0) is 5.41 Å². The van der Waals surface area contributed by atoms with Gasteiger partial charge in [0.15, 0.2) is 11.5 Å². The Kier molecular flexibility index (Phi) is 10.8. The van der Waals surface area contributed by atoms with Crippen LogP contribution in [0.1, 0.15) is 22.3 Å². The third-order valence-electron chi connectivity index (χ3n) is 17.8. The molecule has 0 amide bonds. The van der Waals surface area contributed by atoms with Crippen LogP contribution < -0.4 is 14.5 Å². The van der Waals surface area contributed by atoms with Crippen LogP contribution in [0.25, 0.3) is 87.2 Å². The van der Waals surface area contributed by atoms with Crippen molar-refractivity contribution in [2.45, 2.75) is 5.41 Å². The summed E-state index contributed by atoms with van der Waals surface area (Å²) in [4.78, 5) is 4.71. The zero-order valence-corrected chi connectivity index (χ0v) is 45.8. The van der Waals surface area contributed by atoms with Gasteiger partial charge in [-0.25, -0.2) is 0 Å². The van der Waals surface area contributed by atoms with E-state index in [1.165, 1.54) is 82.0 Å². The molecule has 2 aliphatic rings. The number of fused-ring (bicyclic) bond motifs is 13. The summed E-state index contributed by atoms with van der Waals surface area (Å²) in [5, 5.41) is 12.4. The van der Waals surface area contributed by atoms with Crippen molar-refractivity contribution in [2.75, 3.05) is 9.80 Å². The molecule has 0 fully saturated rings. The minimum absolute atomic E-state index is 0.615. The molecule has 0 radical (unpaired) electrons. The molecule has 3 heteroatoms. The lowest BCUT2D eigenvalue weighted by molar-refractivity contribution is 0.478. The molecule has 15 aromatic carbocycles. The number of anilines is 6. The first-order chi connectivity index (χ1) is 41.6. The number of hydrogen-bond acceptors (Lipinski definition) is 3. The van der Waals surface area contributed by atoms with E-state index in [0.29, 0.717) is 0 Å². The zero-order chi connectivity index (χ0) is 55.3. The van der Waals surface area contributed by atoms with Gasteiger partial charge in [0.2, 0.25) is 0 Å². The maximum absolute atomic E-state index is 7.08. The first kappa shape index (κ1) is 47.8. The highest BCUT2D eigenvalue weighted by Crippen LogP contribution is 2.59. The van der Waals surface area contributed by atoms with Gasteiger partial charge in [-0.3, -0.25) is 0 Å². The normalized spacial score (nSPS) is 14.1. The molecule has 1 atom stereocenters. The fourth-order valence-corrected chi connectivity index (χ4v) is 14.0. The van der Waals surface area contributed by atoms with Gasteiger partial charge in [-0.15, -0.1) is 0 Å². The minimum Gasteiger partial charge on any atom is -0.453 e. The molecule has 0 saturated heterocycles. The van der Waals surface area contributed by atoms with Crippen molar-refractivity contribution in [1.82, 2.24) is 0 Å². The number of nitrogens with zero attached hydrogens (tertiary/aromatic N) is 2. The van der Waals surface area contributed by atoms with Gasteiger partial charge in [-0.2, -0.15) is 0 Å². The summed E-state index contributed by atoms with van der Waals surface area (Å²) in [6, 6.07) is 116.